The Morgan fingerprint density at radius 1 is 0.806 bits per heavy atom. The first-order chi connectivity index (χ1) is 14.9. The minimum absolute atomic E-state index is 0.0336. The second-order valence-electron chi connectivity index (χ2n) is 8.22. The molecule has 2 aliphatic rings. The van der Waals surface area contributed by atoms with Crippen LogP contribution >= 0.6 is 23.2 Å². The molecule has 1 atom stereocenters. The number of benzene rings is 3. The number of carbonyl (C=O) groups is 1. The maximum absolute atomic E-state index is 13.9. The van der Waals surface area contributed by atoms with Crippen LogP contribution in [0.1, 0.15) is 25.0 Å². The highest BCUT2D eigenvalue weighted by Crippen LogP contribution is 2.61. The number of rotatable bonds is 3. The lowest BCUT2D eigenvalue weighted by molar-refractivity contribution is -0.125. The number of halogens is 2. The Hall–Kier alpha value is -2.95. The van der Waals surface area contributed by atoms with Gasteiger partial charge in [-0.25, -0.2) is 0 Å². The van der Waals surface area contributed by atoms with Crippen molar-refractivity contribution in [2.24, 2.45) is 15.6 Å². The number of hydrogen-bond acceptors (Lipinski definition) is 3. The first-order valence-electron chi connectivity index (χ1n) is 9.95. The van der Waals surface area contributed by atoms with E-state index in [-0.39, 0.29) is 5.91 Å². The molecule has 3 aromatic carbocycles. The number of hydrogen-bond donors (Lipinski definition) is 0. The van der Waals surface area contributed by atoms with Crippen molar-refractivity contribution < 1.29 is 4.79 Å². The number of fused-ring (bicyclic) bond motifs is 1. The summed E-state index contributed by atoms with van der Waals surface area (Å²) in [5.41, 5.74) is 2.07. The zero-order valence-electron chi connectivity index (χ0n) is 17.0. The number of azo groups is 1. The Morgan fingerprint density at radius 2 is 1.39 bits per heavy atom. The molecule has 0 radical (unpaired) electrons. The molecule has 4 nitrogen and oxygen atoms in total. The molecule has 2 aliphatic heterocycles. The summed E-state index contributed by atoms with van der Waals surface area (Å²) in [4.78, 5) is 15.6. The third-order valence-corrected chi connectivity index (χ3v) is 6.63. The summed E-state index contributed by atoms with van der Waals surface area (Å²) < 4.78 is 0. The third-order valence-electron chi connectivity index (χ3n) is 6.13. The molecule has 6 heteroatoms. The molecule has 1 fully saturated rings. The summed E-state index contributed by atoms with van der Waals surface area (Å²) in [5.74, 6) is -0.0336. The molecule has 31 heavy (non-hydrogen) atoms. The number of anilines is 1. The number of amides is 1. The van der Waals surface area contributed by atoms with Crippen LogP contribution in [0.3, 0.4) is 0 Å². The molecule has 0 aromatic heterocycles. The average molecular weight is 448 g/mol. The Bertz CT molecular complexity index is 1230. The minimum atomic E-state index is -0.973. The van der Waals surface area contributed by atoms with Crippen molar-refractivity contribution in [1.82, 2.24) is 0 Å². The normalized spacial score (nSPS) is 21.7. The van der Waals surface area contributed by atoms with Gasteiger partial charge in [-0.1, -0.05) is 65.7 Å². The van der Waals surface area contributed by atoms with Crippen LogP contribution in [0, 0.1) is 5.41 Å². The maximum Gasteiger partial charge on any atom is 0.240 e. The quantitative estimate of drug-likeness (QED) is 0.422. The molecule has 2 heterocycles. The molecule has 0 spiro atoms. The largest absolute Gasteiger partial charge is 0.279 e. The second kappa shape index (κ2) is 7.04. The van der Waals surface area contributed by atoms with Crippen LogP contribution in [0.5, 0.6) is 0 Å². The van der Waals surface area contributed by atoms with Gasteiger partial charge in [0.25, 0.3) is 0 Å². The first kappa shape index (κ1) is 20.0. The van der Waals surface area contributed by atoms with Gasteiger partial charge in [-0.3, -0.25) is 9.69 Å². The molecule has 3 aromatic rings. The number of nitrogens with zero attached hydrogens (tertiary/aromatic N) is 3. The molecule has 1 unspecified atom stereocenters. The van der Waals surface area contributed by atoms with Gasteiger partial charge >= 0.3 is 0 Å². The predicted octanol–water partition coefficient (Wildman–Crippen LogP) is 7.10. The van der Waals surface area contributed by atoms with Gasteiger partial charge in [-0.2, -0.15) is 10.2 Å². The molecular formula is C25H19Cl2N3O. The molecule has 0 bridgehead atoms. The van der Waals surface area contributed by atoms with Gasteiger partial charge in [0.15, 0.2) is 5.54 Å². The van der Waals surface area contributed by atoms with Crippen molar-refractivity contribution in [3.63, 3.8) is 0 Å². The fraction of sp³-hybridized carbons (Fsp3) is 0.160. The number of para-hydroxylation sites is 1. The second-order valence-corrected chi connectivity index (χ2v) is 9.10. The van der Waals surface area contributed by atoms with E-state index in [1.165, 1.54) is 0 Å². The maximum atomic E-state index is 13.9. The Morgan fingerprint density at radius 3 is 2.00 bits per heavy atom. The summed E-state index contributed by atoms with van der Waals surface area (Å²) in [5, 5.41) is 10.7. The van der Waals surface area contributed by atoms with Crippen LogP contribution in [-0.4, -0.2) is 5.91 Å². The van der Waals surface area contributed by atoms with E-state index < -0.39 is 11.0 Å². The van der Waals surface area contributed by atoms with E-state index in [0.717, 1.165) is 22.5 Å². The van der Waals surface area contributed by atoms with Crippen LogP contribution in [0.15, 0.2) is 94.8 Å². The molecule has 0 aliphatic carbocycles. The summed E-state index contributed by atoms with van der Waals surface area (Å²) in [6.07, 6.45) is 0. The zero-order valence-corrected chi connectivity index (χ0v) is 18.5. The van der Waals surface area contributed by atoms with Crippen LogP contribution in [-0.2, 0) is 10.3 Å². The lowest BCUT2D eigenvalue weighted by atomic mass is 9.69. The summed E-state index contributed by atoms with van der Waals surface area (Å²) >= 11 is 12.3. The van der Waals surface area contributed by atoms with Gasteiger partial charge in [0.1, 0.15) is 5.70 Å². The fourth-order valence-electron chi connectivity index (χ4n) is 4.49. The summed E-state index contributed by atoms with van der Waals surface area (Å²) in [7, 11) is 0. The lowest BCUT2D eigenvalue weighted by Gasteiger charge is -2.33. The fourth-order valence-corrected chi connectivity index (χ4v) is 4.74. The van der Waals surface area contributed by atoms with E-state index >= 15 is 0 Å². The van der Waals surface area contributed by atoms with E-state index in [4.69, 9.17) is 28.3 Å². The minimum Gasteiger partial charge on any atom is -0.279 e. The first-order valence-corrected chi connectivity index (χ1v) is 10.7. The van der Waals surface area contributed by atoms with E-state index in [1.54, 1.807) is 4.90 Å². The van der Waals surface area contributed by atoms with Gasteiger partial charge in [0, 0.05) is 21.3 Å². The molecule has 5 rings (SSSR count). The highest BCUT2D eigenvalue weighted by molar-refractivity contribution is 6.30. The average Bonchev–Trinajstić information content (AvgIpc) is 3.24. The van der Waals surface area contributed by atoms with Crippen molar-refractivity contribution >= 4 is 40.5 Å². The van der Waals surface area contributed by atoms with Gasteiger partial charge in [-0.05, 0) is 55.8 Å². The monoisotopic (exact) mass is 447 g/mol. The molecule has 1 saturated heterocycles. The Balaban J connectivity index is 1.84. The van der Waals surface area contributed by atoms with Crippen LogP contribution in [0.4, 0.5) is 5.69 Å². The van der Waals surface area contributed by atoms with Gasteiger partial charge in [0.05, 0.1) is 11.1 Å². The van der Waals surface area contributed by atoms with Crippen molar-refractivity contribution in [3.8, 4) is 0 Å². The van der Waals surface area contributed by atoms with Gasteiger partial charge < -0.3 is 0 Å². The van der Waals surface area contributed by atoms with E-state index in [1.807, 2.05) is 92.7 Å². The van der Waals surface area contributed by atoms with Crippen LogP contribution < -0.4 is 4.90 Å². The lowest BCUT2D eigenvalue weighted by Crippen LogP contribution is -2.39. The standard InChI is InChI=1S/C25H19Cl2N3O/c1-24(2)23(31)30(20-6-4-3-5-7-20)22-21(16-8-12-18(26)13-9-16)28-29-25(22,24)17-10-14-19(27)15-11-17/h3-15H,1-2H3. The number of carbonyl (C=O) groups excluding carboxylic acids is 1. The highest BCUT2D eigenvalue weighted by atomic mass is 35.5. The van der Waals surface area contributed by atoms with Crippen molar-refractivity contribution in [2.45, 2.75) is 19.4 Å². The van der Waals surface area contributed by atoms with Crippen LogP contribution in [0.2, 0.25) is 10.0 Å². The summed E-state index contributed by atoms with van der Waals surface area (Å²) in [6.45, 7) is 3.85. The van der Waals surface area contributed by atoms with Crippen LogP contribution in [0.25, 0.3) is 5.70 Å². The SMILES string of the molecule is CC1(C)C(=O)N(c2ccccc2)C2=C(c3ccc(Cl)cc3)N=NC21c1ccc(Cl)cc1. The molecule has 1 amide bonds. The molecular weight excluding hydrogens is 429 g/mol. The van der Waals surface area contributed by atoms with Gasteiger partial charge in [0.2, 0.25) is 5.91 Å². The Kier molecular flexibility index (Phi) is 4.54. The summed E-state index contributed by atoms with van der Waals surface area (Å²) in [6, 6.07) is 24.6. The van der Waals surface area contributed by atoms with Crippen molar-refractivity contribution in [1.29, 1.82) is 0 Å². The van der Waals surface area contributed by atoms with E-state index in [2.05, 4.69) is 5.11 Å². The van der Waals surface area contributed by atoms with E-state index in [9.17, 15) is 4.79 Å². The molecule has 0 saturated carbocycles. The molecule has 0 N–H and O–H groups in total. The van der Waals surface area contributed by atoms with Crippen molar-refractivity contribution in [3.05, 3.63) is 106 Å². The third kappa shape index (κ3) is 2.79. The predicted molar refractivity (Wildman–Crippen MR) is 124 cm³/mol. The highest BCUT2D eigenvalue weighted by Gasteiger charge is 2.66. The molecule has 154 valence electrons. The van der Waals surface area contributed by atoms with Crippen molar-refractivity contribution in [2.75, 3.05) is 4.90 Å². The topological polar surface area (TPSA) is 45.0 Å². The zero-order chi connectivity index (χ0) is 21.8. The van der Waals surface area contributed by atoms with E-state index in [0.29, 0.717) is 15.7 Å². The smallest absolute Gasteiger partial charge is 0.240 e. The van der Waals surface area contributed by atoms with Gasteiger partial charge in [-0.15, -0.1) is 0 Å². The Labute approximate surface area is 190 Å².